The van der Waals surface area contributed by atoms with Gasteiger partial charge in [-0.05, 0) is 45.0 Å². The lowest BCUT2D eigenvalue weighted by Crippen LogP contribution is -2.45. The van der Waals surface area contributed by atoms with Gasteiger partial charge in [-0.1, -0.05) is 24.3 Å². The van der Waals surface area contributed by atoms with E-state index >= 15 is 0 Å². The molecule has 0 radical (unpaired) electrons. The first-order valence-corrected chi connectivity index (χ1v) is 9.14. The standard InChI is InChI=1S/C22H22FN3O3/c1-22(2,3)26-19(27)13-24-20(28)14-8-4-5-9-15(14)21-25-12-18(29-21)16-10-6-7-11-17(16)23/h4-12H,13H2,1-3H3,(H,24,28)(H,26,27). The van der Waals surface area contributed by atoms with Gasteiger partial charge in [0.2, 0.25) is 11.8 Å². The molecule has 29 heavy (non-hydrogen) atoms. The molecule has 150 valence electrons. The topological polar surface area (TPSA) is 84.2 Å². The van der Waals surface area contributed by atoms with Gasteiger partial charge in [-0.2, -0.15) is 0 Å². The normalized spacial score (nSPS) is 11.2. The Morgan fingerprint density at radius 3 is 2.38 bits per heavy atom. The molecule has 0 bridgehead atoms. The SMILES string of the molecule is CC(C)(C)NC(=O)CNC(=O)c1ccccc1-c1ncc(-c2ccccc2F)o1. The van der Waals surface area contributed by atoms with E-state index in [0.717, 1.165) is 0 Å². The van der Waals surface area contributed by atoms with Crippen LogP contribution in [0.1, 0.15) is 31.1 Å². The molecule has 0 spiro atoms. The van der Waals surface area contributed by atoms with Gasteiger partial charge in [-0.15, -0.1) is 0 Å². The van der Waals surface area contributed by atoms with Crippen LogP contribution in [0.5, 0.6) is 0 Å². The summed E-state index contributed by atoms with van der Waals surface area (Å²) in [5.41, 5.74) is 0.648. The van der Waals surface area contributed by atoms with Crippen molar-refractivity contribution in [1.82, 2.24) is 15.6 Å². The molecule has 6 nitrogen and oxygen atoms in total. The van der Waals surface area contributed by atoms with Gasteiger partial charge in [0.05, 0.1) is 23.9 Å². The van der Waals surface area contributed by atoms with E-state index in [1.807, 2.05) is 20.8 Å². The average molecular weight is 395 g/mol. The molecule has 2 amide bonds. The Labute approximate surface area is 168 Å². The molecule has 0 saturated carbocycles. The van der Waals surface area contributed by atoms with Crippen molar-refractivity contribution >= 4 is 11.8 Å². The van der Waals surface area contributed by atoms with Gasteiger partial charge in [0, 0.05) is 11.1 Å². The number of benzene rings is 2. The van der Waals surface area contributed by atoms with Crippen LogP contribution in [0, 0.1) is 5.82 Å². The fourth-order valence-electron chi connectivity index (χ4n) is 2.77. The molecule has 3 aromatic rings. The van der Waals surface area contributed by atoms with Crippen LogP contribution in [-0.4, -0.2) is 28.9 Å². The Bertz CT molecular complexity index is 1040. The second kappa shape index (κ2) is 8.26. The highest BCUT2D eigenvalue weighted by molar-refractivity contribution is 6.01. The van der Waals surface area contributed by atoms with E-state index in [1.54, 1.807) is 42.5 Å². The summed E-state index contributed by atoms with van der Waals surface area (Å²) in [6, 6.07) is 12.9. The predicted octanol–water partition coefficient (Wildman–Crippen LogP) is 3.79. The number of nitrogens with one attached hydrogen (secondary N) is 2. The fraction of sp³-hybridized carbons (Fsp3) is 0.227. The molecule has 1 heterocycles. The van der Waals surface area contributed by atoms with Crippen LogP contribution in [0.25, 0.3) is 22.8 Å². The number of halogens is 1. The smallest absolute Gasteiger partial charge is 0.252 e. The van der Waals surface area contributed by atoms with E-state index in [4.69, 9.17) is 4.42 Å². The monoisotopic (exact) mass is 395 g/mol. The van der Waals surface area contributed by atoms with Crippen molar-refractivity contribution in [2.75, 3.05) is 6.54 Å². The molecule has 2 N–H and O–H groups in total. The molecular formula is C22H22FN3O3. The van der Waals surface area contributed by atoms with Crippen LogP contribution in [0.4, 0.5) is 4.39 Å². The quantitative estimate of drug-likeness (QED) is 0.688. The van der Waals surface area contributed by atoms with Crippen molar-refractivity contribution in [2.24, 2.45) is 0 Å². The third-order valence-electron chi connectivity index (χ3n) is 3.97. The molecule has 1 aromatic heterocycles. The number of aromatic nitrogens is 1. The highest BCUT2D eigenvalue weighted by Gasteiger charge is 2.19. The molecule has 0 atom stereocenters. The maximum absolute atomic E-state index is 14.0. The predicted molar refractivity (Wildman–Crippen MR) is 108 cm³/mol. The summed E-state index contributed by atoms with van der Waals surface area (Å²) in [6.07, 6.45) is 1.42. The zero-order valence-corrected chi connectivity index (χ0v) is 16.5. The van der Waals surface area contributed by atoms with E-state index < -0.39 is 11.7 Å². The number of nitrogens with zero attached hydrogens (tertiary/aromatic N) is 1. The summed E-state index contributed by atoms with van der Waals surface area (Å²) >= 11 is 0. The van der Waals surface area contributed by atoms with E-state index in [1.165, 1.54) is 12.3 Å². The zero-order valence-electron chi connectivity index (χ0n) is 16.5. The third kappa shape index (κ3) is 5.07. The van der Waals surface area contributed by atoms with Crippen molar-refractivity contribution < 1.29 is 18.4 Å². The Balaban J connectivity index is 1.80. The van der Waals surface area contributed by atoms with Gasteiger partial charge in [0.15, 0.2) is 5.76 Å². The van der Waals surface area contributed by atoms with Crippen LogP contribution < -0.4 is 10.6 Å². The second-order valence-electron chi connectivity index (χ2n) is 7.54. The summed E-state index contributed by atoms with van der Waals surface area (Å²) in [5, 5.41) is 5.38. The Hall–Kier alpha value is -3.48. The molecule has 7 heteroatoms. The number of oxazole rings is 1. The van der Waals surface area contributed by atoms with Crippen LogP contribution in [-0.2, 0) is 4.79 Å². The molecule has 3 rings (SSSR count). The summed E-state index contributed by atoms with van der Waals surface area (Å²) < 4.78 is 19.7. The van der Waals surface area contributed by atoms with E-state index in [0.29, 0.717) is 11.1 Å². The minimum atomic E-state index is -0.435. The number of rotatable bonds is 5. The van der Waals surface area contributed by atoms with Gasteiger partial charge in [0.25, 0.3) is 5.91 Å². The van der Waals surface area contributed by atoms with Gasteiger partial charge < -0.3 is 15.1 Å². The number of amides is 2. The highest BCUT2D eigenvalue weighted by atomic mass is 19.1. The highest BCUT2D eigenvalue weighted by Crippen LogP contribution is 2.29. The third-order valence-corrected chi connectivity index (χ3v) is 3.97. The number of hydrogen-bond donors (Lipinski definition) is 2. The van der Waals surface area contributed by atoms with Crippen molar-refractivity contribution in [2.45, 2.75) is 26.3 Å². The molecular weight excluding hydrogens is 373 g/mol. The van der Waals surface area contributed by atoms with E-state index in [9.17, 15) is 14.0 Å². The summed E-state index contributed by atoms with van der Waals surface area (Å²) in [6.45, 7) is 5.42. The molecule has 0 saturated heterocycles. The number of carbonyl (C=O) groups excluding carboxylic acids is 2. The second-order valence-corrected chi connectivity index (χ2v) is 7.54. The maximum atomic E-state index is 14.0. The number of hydrogen-bond acceptors (Lipinski definition) is 4. The van der Waals surface area contributed by atoms with E-state index in [-0.39, 0.29) is 35.2 Å². The van der Waals surface area contributed by atoms with Crippen molar-refractivity contribution in [3.63, 3.8) is 0 Å². The van der Waals surface area contributed by atoms with Crippen LogP contribution in [0.15, 0.2) is 59.1 Å². The van der Waals surface area contributed by atoms with Crippen molar-refractivity contribution in [1.29, 1.82) is 0 Å². The lowest BCUT2D eigenvalue weighted by Gasteiger charge is -2.20. The Morgan fingerprint density at radius 1 is 1.03 bits per heavy atom. The lowest BCUT2D eigenvalue weighted by atomic mass is 10.1. The van der Waals surface area contributed by atoms with Crippen LogP contribution in [0.3, 0.4) is 0 Å². The first-order valence-electron chi connectivity index (χ1n) is 9.14. The van der Waals surface area contributed by atoms with Gasteiger partial charge in [-0.3, -0.25) is 9.59 Å². The molecule has 0 unspecified atom stereocenters. The van der Waals surface area contributed by atoms with Crippen LogP contribution >= 0.6 is 0 Å². The summed E-state index contributed by atoms with van der Waals surface area (Å²) in [5.74, 6) is -0.700. The Kier molecular flexibility index (Phi) is 5.77. The first kappa shape index (κ1) is 20.3. The summed E-state index contributed by atoms with van der Waals surface area (Å²) in [4.78, 5) is 28.8. The summed E-state index contributed by atoms with van der Waals surface area (Å²) in [7, 11) is 0. The molecule has 0 aliphatic carbocycles. The minimum Gasteiger partial charge on any atom is -0.436 e. The molecule has 0 aliphatic heterocycles. The minimum absolute atomic E-state index is 0.156. The Morgan fingerprint density at radius 2 is 1.69 bits per heavy atom. The maximum Gasteiger partial charge on any atom is 0.252 e. The van der Waals surface area contributed by atoms with Gasteiger partial charge in [0.1, 0.15) is 5.82 Å². The number of carbonyl (C=O) groups is 2. The molecule has 2 aromatic carbocycles. The van der Waals surface area contributed by atoms with E-state index in [2.05, 4.69) is 15.6 Å². The largest absolute Gasteiger partial charge is 0.436 e. The molecule has 0 fully saturated rings. The lowest BCUT2D eigenvalue weighted by molar-refractivity contribution is -0.121. The fourth-order valence-corrected chi connectivity index (χ4v) is 2.77. The van der Waals surface area contributed by atoms with Crippen molar-refractivity contribution in [3.8, 4) is 22.8 Å². The van der Waals surface area contributed by atoms with Gasteiger partial charge >= 0.3 is 0 Å². The van der Waals surface area contributed by atoms with Crippen molar-refractivity contribution in [3.05, 3.63) is 66.1 Å². The van der Waals surface area contributed by atoms with Gasteiger partial charge in [-0.25, -0.2) is 9.37 Å². The molecule has 0 aliphatic rings. The first-order chi connectivity index (χ1) is 13.7. The average Bonchev–Trinajstić information content (AvgIpc) is 3.15. The van der Waals surface area contributed by atoms with Crippen LogP contribution in [0.2, 0.25) is 0 Å². The zero-order chi connectivity index (χ0) is 21.0.